The minimum atomic E-state index is -4.07. The van der Waals surface area contributed by atoms with Crippen LogP contribution in [0.3, 0.4) is 0 Å². The lowest BCUT2D eigenvalue weighted by Gasteiger charge is -2.10. The van der Waals surface area contributed by atoms with Crippen LogP contribution in [0.5, 0.6) is 0 Å². The minimum Gasteiger partial charge on any atom is -0.478 e. The van der Waals surface area contributed by atoms with Gasteiger partial charge in [0.25, 0.3) is 0 Å². The lowest BCUT2D eigenvalue weighted by atomic mass is 10.1. The first-order valence-electron chi connectivity index (χ1n) is 8.83. The molecule has 0 aliphatic carbocycles. The summed E-state index contributed by atoms with van der Waals surface area (Å²) >= 11 is 3.26. The number of hydrogen-bond acceptors (Lipinski definition) is 5. The Morgan fingerprint density at radius 2 is 1.68 bits per heavy atom. The summed E-state index contributed by atoms with van der Waals surface area (Å²) in [6.45, 7) is 0. The molecule has 0 atom stereocenters. The van der Waals surface area contributed by atoms with E-state index in [4.69, 9.17) is 5.11 Å². The Morgan fingerprint density at radius 3 is 2.29 bits per heavy atom. The maximum Gasteiger partial charge on any atom is 0.335 e. The van der Waals surface area contributed by atoms with Gasteiger partial charge in [-0.2, -0.15) is 0 Å². The van der Waals surface area contributed by atoms with Crippen molar-refractivity contribution in [2.24, 2.45) is 0 Å². The Kier molecular flexibility index (Phi) is 5.42. The predicted octanol–water partition coefficient (Wildman–Crippen LogP) is 4.37. The van der Waals surface area contributed by atoms with Crippen molar-refractivity contribution in [2.75, 3.05) is 0 Å². The van der Waals surface area contributed by atoms with Crippen molar-refractivity contribution in [2.45, 2.75) is 9.92 Å². The molecule has 1 heterocycles. The van der Waals surface area contributed by atoms with E-state index in [2.05, 4.69) is 26.2 Å². The van der Waals surface area contributed by atoms with E-state index in [1.54, 1.807) is 12.1 Å². The number of rotatable bonds is 5. The van der Waals surface area contributed by atoms with Gasteiger partial charge in [0.05, 0.1) is 16.1 Å². The molecule has 0 aliphatic rings. The van der Waals surface area contributed by atoms with Gasteiger partial charge in [0.2, 0.25) is 14.9 Å². The molecule has 0 saturated carbocycles. The van der Waals surface area contributed by atoms with Gasteiger partial charge in [-0.05, 0) is 66.7 Å². The van der Waals surface area contributed by atoms with Gasteiger partial charge in [-0.1, -0.05) is 27.2 Å². The molecule has 156 valence electrons. The van der Waals surface area contributed by atoms with E-state index in [9.17, 15) is 17.6 Å². The van der Waals surface area contributed by atoms with E-state index in [0.717, 1.165) is 0 Å². The van der Waals surface area contributed by atoms with Crippen molar-refractivity contribution in [3.8, 4) is 16.9 Å². The average molecular weight is 502 g/mol. The number of sulfone groups is 1. The number of hydrogen-bond donors (Lipinski definition) is 1. The van der Waals surface area contributed by atoms with Crippen LogP contribution in [0.1, 0.15) is 10.4 Å². The quantitative estimate of drug-likeness (QED) is 0.435. The first-order chi connectivity index (χ1) is 14.8. The molecule has 0 saturated heterocycles. The molecule has 0 bridgehead atoms. The summed E-state index contributed by atoms with van der Waals surface area (Å²) in [5.41, 5.74) is 0.965. The highest BCUT2D eigenvalue weighted by molar-refractivity contribution is 9.10. The van der Waals surface area contributed by atoms with E-state index >= 15 is 0 Å². The monoisotopic (exact) mass is 501 g/mol. The zero-order chi connectivity index (χ0) is 22.2. The second-order valence-corrected chi connectivity index (χ2v) is 9.26. The zero-order valence-corrected chi connectivity index (χ0v) is 18.0. The van der Waals surface area contributed by atoms with Gasteiger partial charge in [0, 0.05) is 10.0 Å². The van der Waals surface area contributed by atoms with Crippen LogP contribution in [0.4, 0.5) is 4.39 Å². The van der Waals surface area contributed by atoms with Crippen LogP contribution in [-0.2, 0) is 9.84 Å². The Morgan fingerprint density at radius 1 is 1.00 bits per heavy atom. The van der Waals surface area contributed by atoms with Crippen molar-refractivity contribution < 1.29 is 22.7 Å². The first kappa shape index (κ1) is 20.9. The topological polar surface area (TPSA) is 102 Å². The molecule has 0 radical (unpaired) electrons. The summed E-state index contributed by atoms with van der Waals surface area (Å²) in [7, 11) is -4.07. The maximum absolute atomic E-state index is 13.5. The van der Waals surface area contributed by atoms with E-state index in [-0.39, 0.29) is 21.2 Å². The van der Waals surface area contributed by atoms with Gasteiger partial charge in [-0.3, -0.25) is 0 Å². The number of carboxylic acids is 1. The highest BCUT2D eigenvalue weighted by Crippen LogP contribution is 2.32. The molecule has 4 aromatic rings. The summed E-state index contributed by atoms with van der Waals surface area (Å²) in [5.74, 6) is -1.58. The lowest BCUT2D eigenvalue weighted by Crippen LogP contribution is -2.06. The second kappa shape index (κ2) is 8.05. The van der Waals surface area contributed by atoms with Crippen molar-refractivity contribution in [1.82, 2.24) is 15.0 Å². The largest absolute Gasteiger partial charge is 0.478 e. The smallest absolute Gasteiger partial charge is 0.335 e. The number of aromatic carboxylic acids is 1. The highest BCUT2D eigenvalue weighted by Gasteiger charge is 2.29. The van der Waals surface area contributed by atoms with Crippen LogP contribution in [0.2, 0.25) is 0 Å². The summed E-state index contributed by atoms with van der Waals surface area (Å²) in [4.78, 5) is 11.1. The molecule has 0 aliphatic heterocycles. The number of aromatic nitrogens is 3. The fraction of sp³-hybridized carbons (Fsp3) is 0. The Balaban J connectivity index is 1.95. The van der Waals surface area contributed by atoms with E-state index in [1.807, 2.05) is 0 Å². The molecule has 0 unspecified atom stereocenters. The van der Waals surface area contributed by atoms with Crippen LogP contribution in [0.25, 0.3) is 16.9 Å². The molecule has 0 fully saturated rings. The summed E-state index contributed by atoms with van der Waals surface area (Å²) in [5, 5.41) is 16.7. The lowest BCUT2D eigenvalue weighted by molar-refractivity contribution is 0.0697. The predicted molar refractivity (Wildman–Crippen MR) is 113 cm³/mol. The van der Waals surface area contributed by atoms with Gasteiger partial charge in [-0.25, -0.2) is 22.3 Å². The van der Waals surface area contributed by atoms with Crippen LogP contribution < -0.4 is 0 Å². The molecular weight excluding hydrogens is 489 g/mol. The normalized spacial score (nSPS) is 11.4. The average Bonchev–Trinajstić information content (AvgIpc) is 3.20. The number of carbonyl (C=O) groups is 1. The maximum atomic E-state index is 13.5. The standard InChI is InChI=1S/C21H13BrFN3O4S/c22-15-2-1-3-18(12-15)31(29,30)20-19(13-4-8-16(23)9-5-13)26(25-24-20)17-10-6-14(7-11-17)21(27)28/h1-12H,(H,27,28). The van der Waals surface area contributed by atoms with Crippen LogP contribution >= 0.6 is 15.9 Å². The Labute approximate surface area is 184 Å². The van der Waals surface area contributed by atoms with Crippen LogP contribution in [0.15, 0.2) is 87.2 Å². The zero-order valence-electron chi connectivity index (χ0n) is 15.6. The van der Waals surface area contributed by atoms with Crippen LogP contribution in [-0.4, -0.2) is 34.5 Å². The third-order valence-electron chi connectivity index (χ3n) is 4.48. The van der Waals surface area contributed by atoms with Crippen molar-refractivity contribution in [1.29, 1.82) is 0 Å². The highest BCUT2D eigenvalue weighted by atomic mass is 79.9. The Bertz CT molecular complexity index is 1390. The van der Waals surface area contributed by atoms with Crippen molar-refractivity contribution in [3.05, 3.63) is 88.6 Å². The van der Waals surface area contributed by atoms with Gasteiger partial charge < -0.3 is 5.11 Å². The number of carboxylic acid groups (broad SMARTS) is 1. The van der Waals surface area contributed by atoms with Crippen molar-refractivity contribution >= 4 is 31.7 Å². The number of halogens is 2. The van der Waals surface area contributed by atoms with Gasteiger partial charge in [-0.15, -0.1) is 5.10 Å². The fourth-order valence-corrected chi connectivity index (χ4v) is 4.89. The van der Waals surface area contributed by atoms with Crippen LogP contribution in [0, 0.1) is 5.82 Å². The third-order valence-corrected chi connectivity index (χ3v) is 6.63. The summed E-state index contributed by atoms with van der Waals surface area (Å²) < 4.78 is 42.1. The molecule has 10 heteroatoms. The van der Waals surface area contributed by atoms with E-state index < -0.39 is 21.6 Å². The fourth-order valence-electron chi connectivity index (χ4n) is 2.97. The molecule has 3 aromatic carbocycles. The SMILES string of the molecule is O=C(O)c1ccc(-n2nnc(S(=O)(=O)c3cccc(Br)c3)c2-c2ccc(F)cc2)cc1. The summed E-state index contributed by atoms with van der Waals surface area (Å²) in [6, 6.07) is 17.1. The minimum absolute atomic E-state index is 0.0125. The van der Waals surface area contributed by atoms with Gasteiger partial charge in [0.15, 0.2) is 0 Å². The van der Waals surface area contributed by atoms with Crippen molar-refractivity contribution in [3.63, 3.8) is 0 Å². The molecule has 7 nitrogen and oxygen atoms in total. The van der Waals surface area contributed by atoms with E-state index in [0.29, 0.717) is 15.7 Å². The molecule has 0 amide bonds. The molecule has 1 N–H and O–H groups in total. The van der Waals surface area contributed by atoms with Gasteiger partial charge >= 0.3 is 5.97 Å². The first-order valence-corrected chi connectivity index (χ1v) is 11.1. The third kappa shape index (κ3) is 3.99. The summed E-state index contributed by atoms with van der Waals surface area (Å²) in [6.07, 6.45) is 0. The molecule has 4 rings (SSSR count). The molecule has 1 aromatic heterocycles. The number of benzene rings is 3. The Hall–Kier alpha value is -3.37. The molecule has 31 heavy (non-hydrogen) atoms. The van der Waals surface area contributed by atoms with E-state index in [1.165, 1.54) is 65.3 Å². The second-order valence-electron chi connectivity index (χ2n) is 6.47. The molecular formula is C21H13BrFN3O4S. The molecule has 0 spiro atoms. The number of nitrogens with zero attached hydrogens (tertiary/aromatic N) is 3. The van der Waals surface area contributed by atoms with Gasteiger partial charge in [0.1, 0.15) is 11.5 Å².